The smallest absolute Gasteiger partial charge is 0.418 e. The van der Waals surface area contributed by atoms with E-state index in [1.807, 2.05) is 0 Å². The Labute approximate surface area is 152 Å². The lowest BCUT2D eigenvalue weighted by Crippen LogP contribution is -2.11. The van der Waals surface area contributed by atoms with E-state index in [1.54, 1.807) is 48.8 Å². The van der Waals surface area contributed by atoms with Gasteiger partial charge in [0.1, 0.15) is 11.5 Å². The van der Waals surface area contributed by atoms with Crippen molar-refractivity contribution in [1.29, 1.82) is 0 Å². The molecular formula is C19H13F3N3O2. The summed E-state index contributed by atoms with van der Waals surface area (Å²) in [6.45, 7) is 0. The van der Waals surface area contributed by atoms with Gasteiger partial charge in [-0.25, -0.2) is 0 Å². The van der Waals surface area contributed by atoms with Gasteiger partial charge in [-0.3, -0.25) is 15.5 Å². The van der Waals surface area contributed by atoms with Crippen LogP contribution in [0.15, 0.2) is 67.0 Å². The van der Waals surface area contributed by atoms with Gasteiger partial charge in [0.05, 0.1) is 11.3 Å². The number of ether oxygens (including phenoxy) is 1. The van der Waals surface area contributed by atoms with Crippen LogP contribution in [0.5, 0.6) is 11.5 Å². The number of nitrogens with one attached hydrogen (secondary N) is 2. The summed E-state index contributed by atoms with van der Waals surface area (Å²) in [6.07, 6.45) is -1.51. The third-order valence-electron chi connectivity index (χ3n) is 3.61. The van der Waals surface area contributed by atoms with Gasteiger partial charge in [0.15, 0.2) is 0 Å². The summed E-state index contributed by atoms with van der Waals surface area (Å²) in [5.41, 5.74) is 5.84. The third-order valence-corrected chi connectivity index (χ3v) is 3.61. The molecule has 0 saturated heterocycles. The fourth-order valence-electron chi connectivity index (χ4n) is 2.33. The van der Waals surface area contributed by atoms with Crippen LogP contribution in [0.2, 0.25) is 0 Å². The summed E-state index contributed by atoms with van der Waals surface area (Å²) in [7, 11) is 0. The van der Waals surface area contributed by atoms with E-state index in [0.29, 0.717) is 23.3 Å². The number of nitrogens with zero attached hydrogens (tertiary/aromatic N) is 1. The van der Waals surface area contributed by atoms with Crippen LogP contribution in [0.3, 0.4) is 0 Å². The molecule has 1 heterocycles. The Kier molecular flexibility index (Phi) is 4.98. The lowest BCUT2D eigenvalue weighted by atomic mass is 10.1. The van der Waals surface area contributed by atoms with Gasteiger partial charge in [-0.05, 0) is 54.6 Å². The van der Waals surface area contributed by atoms with E-state index in [9.17, 15) is 18.0 Å². The molecule has 0 bridgehead atoms. The van der Waals surface area contributed by atoms with Gasteiger partial charge in [0.2, 0.25) is 0 Å². The van der Waals surface area contributed by atoms with Crippen molar-refractivity contribution < 1.29 is 22.7 Å². The van der Waals surface area contributed by atoms with Crippen molar-refractivity contribution in [1.82, 2.24) is 10.7 Å². The quantitative estimate of drug-likeness (QED) is 0.679. The minimum Gasteiger partial charge on any atom is -0.457 e. The zero-order valence-corrected chi connectivity index (χ0v) is 13.7. The second kappa shape index (κ2) is 7.36. The maximum absolute atomic E-state index is 13.3. The minimum atomic E-state index is -4.67. The standard InChI is InChI=1S/C19H13F3N3O2/c20-19(21,22)16-11-12(18(23)26)1-6-17(16)25-13-2-4-14(5-3-13)27-15-7-9-24-10-8-15/h1-11,23,25H. The first-order chi connectivity index (χ1) is 12.8. The van der Waals surface area contributed by atoms with Crippen LogP contribution in [0, 0.1) is 0 Å². The molecule has 137 valence electrons. The first-order valence-corrected chi connectivity index (χ1v) is 7.75. The lowest BCUT2D eigenvalue weighted by Gasteiger charge is -2.15. The molecule has 1 amide bonds. The largest absolute Gasteiger partial charge is 0.457 e. The molecule has 8 heteroatoms. The summed E-state index contributed by atoms with van der Waals surface area (Å²) in [5.74, 6) is -0.0803. The summed E-state index contributed by atoms with van der Waals surface area (Å²) in [4.78, 5) is 14.9. The minimum absolute atomic E-state index is 0.213. The summed E-state index contributed by atoms with van der Waals surface area (Å²) in [6, 6.07) is 12.7. The topological polar surface area (TPSA) is 75.0 Å². The van der Waals surface area contributed by atoms with Gasteiger partial charge >= 0.3 is 6.18 Å². The Balaban J connectivity index is 1.81. The average molecular weight is 372 g/mol. The molecule has 0 fully saturated rings. The molecule has 5 nitrogen and oxygen atoms in total. The second-order valence-corrected chi connectivity index (χ2v) is 5.52. The van der Waals surface area contributed by atoms with Crippen LogP contribution >= 0.6 is 0 Å². The van der Waals surface area contributed by atoms with Crippen molar-refractivity contribution >= 4 is 17.3 Å². The van der Waals surface area contributed by atoms with E-state index < -0.39 is 17.6 Å². The summed E-state index contributed by atoms with van der Waals surface area (Å²) in [5, 5.41) is 2.68. The number of halogens is 3. The van der Waals surface area contributed by atoms with Crippen molar-refractivity contribution in [2.24, 2.45) is 0 Å². The molecule has 3 rings (SSSR count). The number of hydrogen-bond acceptors (Lipinski definition) is 4. The fourth-order valence-corrected chi connectivity index (χ4v) is 2.33. The number of hydrogen-bond donors (Lipinski definition) is 1. The van der Waals surface area contributed by atoms with Crippen molar-refractivity contribution in [3.05, 3.63) is 78.1 Å². The highest BCUT2D eigenvalue weighted by Gasteiger charge is 2.34. The first kappa shape index (κ1) is 18.2. The van der Waals surface area contributed by atoms with E-state index >= 15 is 0 Å². The SMILES string of the molecule is [NH]C(=O)c1ccc(Nc2ccc(Oc3ccncc3)cc2)c(C(F)(F)F)c1. The van der Waals surface area contributed by atoms with Crippen LogP contribution in [0.25, 0.3) is 0 Å². The predicted molar refractivity (Wildman–Crippen MR) is 92.9 cm³/mol. The Morgan fingerprint density at radius 1 is 0.963 bits per heavy atom. The van der Waals surface area contributed by atoms with E-state index in [1.165, 1.54) is 6.07 Å². The van der Waals surface area contributed by atoms with Crippen molar-refractivity contribution in [3.63, 3.8) is 0 Å². The molecule has 0 aliphatic heterocycles. The van der Waals surface area contributed by atoms with E-state index in [4.69, 9.17) is 10.5 Å². The normalized spacial score (nSPS) is 11.1. The number of aromatic nitrogens is 1. The Hall–Kier alpha value is -3.55. The van der Waals surface area contributed by atoms with E-state index in [-0.39, 0.29) is 11.3 Å². The maximum atomic E-state index is 13.3. The Bertz CT molecular complexity index is 943. The highest BCUT2D eigenvalue weighted by atomic mass is 19.4. The molecule has 3 aromatic rings. The molecule has 27 heavy (non-hydrogen) atoms. The highest BCUT2D eigenvalue weighted by Crippen LogP contribution is 2.37. The van der Waals surface area contributed by atoms with Gasteiger partial charge in [0, 0.05) is 23.6 Å². The molecule has 1 aromatic heterocycles. The zero-order valence-electron chi connectivity index (χ0n) is 13.7. The average Bonchev–Trinajstić information content (AvgIpc) is 2.63. The maximum Gasteiger partial charge on any atom is 0.418 e. The van der Waals surface area contributed by atoms with Gasteiger partial charge in [-0.15, -0.1) is 0 Å². The predicted octanol–water partition coefficient (Wildman–Crippen LogP) is 5.06. The van der Waals surface area contributed by atoms with E-state index in [2.05, 4.69) is 10.3 Å². The molecule has 1 radical (unpaired) electrons. The van der Waals surface area contributed by atoms with Gasteiger partial charge in [-0.2, -0.15) is 13.2 Å². The number of carbonyl (C=O) groups excluding carboxylic acids is 1. The third kappa shape index (κ3) is 4.55. The van der Waals surface area contributed by atoms with Crippen LogP contribution in [-0.4, -0.2) is 10.9 Å². The molecule has 0 saturated carbocycles. The molecule has 0 aliphatic carbocycles. The van der Waals surface area contributed by atoms with Gasteiger partial charge in [0.25, 0.3) is 5.91 Å². The van der Waals surface area contributed by atoms with Crippen LogP contribution in [0.1, 0.15) is 15.9 Å². The highest BCUT2D eigenvalue weighted by molar-refractivity contribution is 5.93. The Morgan fingerprint density at radius 2 is 1.59 bits per heavy atom. The van der Waals surface area contributed by atoms with Gasteiger partial charge in [-0.1, -0.05) is 0 Å². The molecule has 0 aliphatic rings. The zero-order chi connectivity index (χ0) is 19.4. The van der Waals surface area contributed by atoms with Crippen molar-refractivity contribution in [2.45, 2.75) is 6.18 Å². The molecule has 0 unspecified atom stereocenters. The lowest BCUT2D eigenvalue weighted by molar-refractivity contribution is -0.136. The molecule has 0 spiro atoms. The first-order valence-electron chi connectivity index (χ1n) is 7.75. The van der Waals surface area contributed by atoms with Crippen molar-refractivity contribution in [3.8, 4) is 11.5 Å². The van der Waals surface area contributed by atoms with E-state index in [0.717, 1.165) is 6.07 Å². The van der Waals surface area contributed by atoms with Crippen LogP contribution in [0.4, 0.5) is 24.5 Å². The number of alkyl halides is 3. The van der Waals surface area contributed by atoms with Gasteiger partial charge < -0.3 is 10.1 Å². The number of anilines is 2. The molecular weight excluding hydrogens is 359 g/mol. The number of rotatable bonds is 5. The van der Waals surface area contributed by atoms with Crippen LogP contribution < -0.4 is 15.8 Å². The van der Waals surface area contributed by atoms with Crippen LogP contribution in [-0.2, 0) is 6.18 Å². The monoisotopic (exact) mass is 372 g/mol. The number of carbonyl (C=O) groups is 1. The summed E-state index contributed by atoms with van der Waals surface area (Å²) < 4.78 is 45.4. The second-order valence-electron chi connectivity index (χ2n) is 5.52. The summed E-state index contributed by atoms with van der Waals surface area (Å²) >= 11 is 0. The number of pyridine rings is 1. The molecule has 2 aromatic carbocycles. The van der Waals surface area contributed by atoms with Crippen molar-refractivity contribution in [2.75, 3.05) is 5.32 Å². The Morgan fingerprint density at radius 3 is 2.19 bits per heavy atom. The number of benzene rings is 2. The number of amides is 1. The molecule has 2 N–H and O–H groups in total. The fraction of sp³-hybridized carbons (Fsp3) is 0.0526. The molecule has 0 atom stereocenters.